The average molecular weight is 242 g/mol. The Hall–Kier alpha value is -2.10. The molecular weight excluding hydrogens is 224 g/mol. The van der Waals surface area contributed by atoms with E-state index in [9.17, 15) is 0 Å². The third kappa shape index (κ3) is 2.97. The molecule has 0 saturated heterocycles. The fraction of sp³-hybridized carbons (Fsp3) is 0.286. The van der Waals surface area contributed by atoms with Gasteiger partial charge in [-0.1, -0.05) is 6.07 Å². The van der Waals surface area contributed by atoms with Gasteiger partial charge < -0.3 is 10.6 Å². The SMILES string of the molecule is Cc1nc(N(C)CCc2cccnc2)ccc1N. The van der Waals surface area contributed by atoms with Crippen LogP contribution in [-0.2, 0) is 6.42 Å². The molecule has 0 aliphatic rings. The molecule has 2 aromatic rings. The van der Waals surface area contributed by atoms with Crippen LogP contribution in [0, 0.1) is 6.92 Å². The van der Waals surface area contributed by atoms with Gasteiger partial charge in [-0.2, -0.15) is 0 Å². The zero-order valence-electron chi connectivity index (χ0n) is 10.8. The first-order valence-corrected chi connectivity index (χ1v) is 6.00. The molecule has 94 valence electrons. The number of likely N-dealkylation sites (N-methyl/N-ethyl adjacent to an activating group) is 1. The summed E-state index contributed by atoms with van der Waals surface area (Å²) in [7, 11) is 2.04. The summed E-state index contributed by atoms with van der Waals surface area (Å²) in [4.78, 5) is 10.7. The van der Waals surface area contributed by atoms with Gasteiger partial charge in [0.25, 0.3) is 0 Å². The van der Waals surface area contributed by atoms with Crippen molar-refractivity contribution in [2.45, 2.75) is 13.3 Å². The van der Waals surface area contributed by atoms with Crippen molar-refractivity contribution in [1.29, 1.82) is 0 Å². The predicted octanol–water partition coefficient (Wildman–Crippen LogP) is 2.05. The van der Waals surface area contributed by atoms with Gasteiger partial charge in [0.15, 0.2) is 0 Å². The molecule has 2 aromatic heterocycles. The lowest BCUT2D eigenvalue weighted by Crippen LogP contribution is -2.21. The molecule has 2 rings (SSSR count). The Morgan fingerprint density at radius 3 is 2.78 bits per heavy atom. The van der Waals surface area contributed by atoms with Crippen molar-refractivity contribution in [2.75, 3.05) is 24.2 Å². The molecule has 0 aromatic carbocycles. The minimum Gasteiger partial charge on any atom is -0.397 e. The van der Waals surface area contributed by atoms with Gasteiger partial charge in [-0.25, -0.2) is 4.98 Å². The second kappa shape index (κ2) is 5.49. The van der Waals surface area contributed by atoms with Crippen molar-refractivity contribution < 1.29 is 0 Å². The minimum atomic E-state index is 0.736. The standard InChI is InChI=1S/C14H18N4/c1-11-13(15)5-6-14(17-11)18(2)9-7-12-4-3-8-16-10-12/h3-6,8,10H,7,9,15H2,1-2H3. The third-order valence-corrected chi connectivity index (χ3v) is 2.96. The van der Waals surface area contributed by atoms with Crippen LogP contribution in [-0.4, -0.2) is 23.6 Å². The Balaban J connectivity index is 1.99. The van der Waals surface area contributed by atoms with E-state index in [2.05, 4.69) is 20.9 Å². The van der Waals surface area contributed by atoms with E-state index in [1.54, 1.807) is 6.20 Å². The van der Waals surface area contributed by atoms with Gasteiger partial charge in [-0.3, -0.25) is 4.98 Å². The molecule has 0 fully saturated rings. The molecule has 2 heterocycles. The third-order valence-electron chi connectivity index (χ3n) is 2.96. The molecule has 0 saturated carbocycles. The lowest BCUT2D eigenvalue weighted by molar-refractivity contribution is 0.853. The van der Waals surface area contributed by atoms with E-state index in [1.165, 1.54) is 5.56 Å². The zero-order chi connectivity index (χ0) is 13.0. The summed E-state index contributed by atoms with van der Waals surface area (Å²) in [6.07, 6.45) is 4.64. The Bertz CT molecular complexity index is 510. The van der Waals surface area contributed by atoms with E-state index in [0.29, 0.717) is 0 Å². The van der Waals surface area contributed by atoms with Crippen LogP contribution in [0.1, 0.15) is 11.3 Å². The van der Waals surface area contributed by atoms with Crippen LogP contribution in [0.25, 0.3) is 0 Å². The first kappa shape index (κ1) is 12.4. The maximum atomic E-state index is 5.76. The first-order valence-electron chi connectivity index (χ1n) is 6.00. The zero-order valence-corrected chi connectivity index (χ0v) is 10.8. The number of hydrogen-bond acceptors (Lipinski definition) is 4. The monoisotopic (exact) mass is 242 g/mol. The fourth-order valence-corrected chi connectivity index (χ4v) is 1.73. The van der Waals surface area contributed by atoms with Gasteiger partial charge in [-0.15, -0.1) is 0 Å². The molecule has 18 heavy (non-hydrogen) atoms. The molecule has 0 atom stereocenters. The lowest BCUT2D eigenvalue weighted by atomic mass is 10.2. The summed E-state index contributed by atoms with van der Waals surface area (Å²) in [6, 6.07) is 7.90. The smallest absolute Gasteiger partial charge is 0.128 e. The molecule has 0 unspecified atom stereocenters. The number of nitrogen functional groups attached to an aromatic ring is 1. The number of aryl methyl sites for hydroxylation is 1. The summed E-state index contributed by atoms with van der Waals surface area (Å²) in [5.41, 5.74) is 8.61. The van der Waals surface area contributed by atoms with Crippen LogP contribution in [0.4, 0.5) is 11.5 Å². The van der Waals surface area contributed by atoms with Crippen LogP contribution in [0.5, 0.6) is 0 Å². The Morgan fingerprint density at radius 2 is 2.11 bits per heavy atom. The summed E-state index contributed by atoms with van der Waals surface area (Å²) in [5.74, 6) is 0.950. The molecule has 4 nitrogen and oxygen atoms in total. The molecule has 0 aliphatic heterocycles. The highest BCUT2D eigenvalue weighted by atomic mass is 15.2. The van der Waals surface area contributed by atoms with E-state index >= 15 is 0 Å². The van der Waals surface area contributed by atoms with Gasteiger partial charge in [-0.05, 0) is 37.1 Å². The highest BCUT2D eigenvalue weighted by Gasteiger charge is 2.04. The van der Waals surface area contributed by atoms with Crippen LogP contribution in [0.2, 0.25) is 0 Å². The highest BCUT2D eigenvalue weighted by Crippen LogP contribution is 2.15. The van der Waals surface area contributed by atoms with Gasteiger partial charge in [0.05, 0.1) is 11.4 Å². The number of nitrogens with zero attached hydrogens (tertiary/aromatic N) is 3. The van der Waals surface area contributed by atoms with E-state index in [1.807, 2.05) is 38.4 Å². The molecule has 0 radical (unpaired) electrons. The molecule has 2 N–H and O–H groups in total. The van der Waals surface area contributed by atoms with E-state index in [-0.39, 0.29) is 0 Å². The molecule has 0 amide bonds. The number of rotatable bonds is 4. The van der Waals surface area contributed by atoms with Crippen molar-refractivity contribution in [1.82, 2.24) is 9.97 Å². The molecule has 0 spiro atoms. The van der Waals surface area contributed by atoms with Gasteiger partial charge in [0.2, 0.25) is 0 Å². The Kier molecular flexibility index (Phi) is 3.77. The van der Waals surface area contributed by atoms with E-state index in [4.69, 9.17) is 5.73 Å². The number of aromatic nitrogens is 2. The summed E-state index contributed by atoms with van der Waals surface area (Å²) < 4.78 is 0. The Labute approximate surface area is 107 Å². The summed E-state index contributed by atoms with van der Waals surface area (Å²) in [5, 5.41) is 0. The van der Waals surface area contributed by atoms with Crippen molar-refractivity contribution in [3.8, 4) is 0 Å². The normalized spacial score (nSPS) is 10.3. The lowest BCUT2D eigenvalue weighted by Gasteiger charge is -2.18. The fourth-order valence-electron chi connectivity index (χ4n) is 1.73. The van der Waals surface area contributed by atoms with Crippen molar-refractivity contribution in [3.05, 3.63) is 47.9 Å². The van der Waals surface area contributed by atoms with Crippen molar-refractivity contribution in [3.63, 3.8) is 0 Å². The van der Waals surface area contributed by atoms with Crippen LogP contribution < -0.4 is 10.6 Å². The van der Waals surface area contributed by atoms with Crippen molar-refractivity contribution in [2.24, 2.45) is 0 Å². The topological polar surface area (TPSA) is 55.0 Å². The van der Waals surface area contributed by atoms with Crippen LogP contribution in [0.3, 0.4) is 0 Å². The molecular formula is C14H18N4. The summed E-state index contributed by atoms with van der Waals surface area (Å²) in [6.45, 7) is 2.83. The Morgan fingerprint density at radius 1 is 1.28 bits per heavy atom. The minimum absolute atomic E-state index is 0.736. The molecule has 4 heteroatoms. The van der Waals surface area contributed by atoms with Gasteiger partial charge >= 0.3 is 0 Å². The number of anilines is 2. The second-order valence-corrected chi connectivity index (χ2v) is 4.38. The number of nitrogens with two attached hydrogens (primary N) is 1. The second-order valence-electron chi connectivity index (χ2n) is 4.38. The van der Waals surface area contributed by atoms with E-state index in [0.717, 1.165) is 30.2 Å². The predicted molar refractivity (Wildman–Crippen MR) is 74.6 cm³/mol. The molecule has 0 aliphatic carbocycles. The van der Waals surface area contributed by atoms with Gasteiger partial charge in [0.1, 0.15) is 5.82 Å². The van der Waals surface area contributed by atoms with Crippen LogP contribution >= 0.6 is 0 Å². The quantitative estimate of drug-likeness (QED) is 0.891. The average Bonchev–Trinajstić information content (AvgIpc) is 2.40. The largest absolute Gasteiger partial charge is 0.397 e. The highest BCUT2D eigenvalue weighted by molar-refractivity contribution is 5.50. The molecule has 0 bridgehead atoms. The first-order chi connectivity index (χ1) is 8.66. The summed E-state index contributed by atoms with van der Waals surface area (Å²) >= 11 is 0. The number of hydrogen-bond donors (Lipinski definition) is 1. The maximum absolute atomic E-state index is 5.76. The van der Waals surface area contributed by atoms with Gasteiger partial charge in [0, 0.05) is 26.0 Å². The maximum Gasteiger partial charge on any atom is 0.128 e. The van der Waals surface area contributed by atoms with Crippen molar-refractivity contribution >= 4 is 11.5 Å². The number of pyridine rings is 2. The van der Waals surface area contributed by atoms with E-state index < -0.39 is 0 Å². The van der Waals surface area contributed by atoms with Crippen LogP contribution in [0.15, 0.2) is 36.7 Å².